The Balaban J connectivity index is 1.66. The van der Waals surface area contributed by atoms with Crippen LogP contribution in [-0.2, 0) is 0 Å². The van der Waals surface area contributed by atoms with Crippen LogP contribution in [0.1, 0.15) is 48.1 Å². The van der Waals surface area contributed by atoms with Crippen molar-refractivity contribution >= 4 is 22.6 Å². The molecule has 0 bridgehead atoms. The summed E-state index contributed by atoms with van der Waals surface area (Å²) < 4.78 is 34.0. The number of aromatic carboxylic acids is 1. The zero-order chi connectivity index (χ0) is 21.0. The average Bonchev–Trinajstić information content (AvgIpc) is 3.41. The van der Waals surface area contributed by atoms with Crippen LogP contribution in [0.25, 0.3) is 10.9 Å². The van der Waals surface area contributed by atoms with Crippen LogP contribution in [0.3, 0.4) is 0 Å². The summed E-state index contributed by atoms with van der Waals surface area (Å²) in [5.74, 6) is -3.11. The molecule has 1 saturated carbocycles. The first kappa shape index (κ1) is 18.7. The number of carboxylic acid groups (broad SMARTS) is 1. The second-order valence-corrected chi connectivity index (χ2v) is 7.86. The Morgan fingerprint density at radius 1 is 1.20 bits per heavy atom. The molecule has 3 aromatic rings. The second-order valence-electron chi connectivity index (χ2n) is 7.86. The fraction of sp³-hybridized carbons (Fsp3) is 0.400. The van der Waals surface area contributed by atoms with Crippen molar-refractivity contribution in [1.82, 2.24) is 19.6 Å². The molecule has 3 heterocycles. The van der Waals surface area contributed by atoms with Crippen molar-refractivity contribution in [3.05, 3.63) is 52.1 Å². The maximum atomic E-state index is 15.7. The van der Waals surface area contributed by atoms with Crippen LogP contribution in [0.4, 0.5) is 14.5 Å². The number of rotatable bonds is 4. The largest absolute Gasteiger partial charge is 0.477 e. The maximum absolute atomic E-state index is 15.7. The molecule has 30 heavy (non-hydrogen) atoms. The average molecular weight is 415 g/mol. The molecule has 1 aliphatic carbocycles. The Hall–Kier alpha value is -3.30. The van der Waals surface area contributed by atoms with Crippen LogP contribution < -0.4 is 10.3 Å². The summed E-state index contributed by atoms with van der Waals surface area (Å²) in [5, 5.41) is 16.9. The Morgan fingerprint density at radius 3 is 2.67 bits per heavy atom. The first-order valence-corrected chi connectivity index (χ1v) is 9.86. The smallest absolute Gasteiger partial charge is 0.341 e. The molecule has 0 radical (unpaired) electrons. The minimum Gasteiger partial charge on any atom is -0.477 e. The van der Waals surface area contributed by atoms with Crippen LogP contribution in [0.15, 0.2) is 29.5 Å². The molecule has 2 aromatic heterocycles. The van der Waals surface area contributed by atoms with Gasteiger partial charge in [-0.3, -0.25) is 4.79 Å². The quantitative estimate of drug-likeness (QED) is 0.704. The zero-order valence-electron chi connectivity index (χ0n) is 16.0. The number of hydrogen-bond acceptors (Lipinski definition) is 5. The van der Waals surface area contributed by atoms with Gasteiger partial charge in [0.05, 0.1) is 23.1 Å². The van der Waals surface area contributed by atoms with Crippen LogP contribution in [0.2, 0.25) is 0 Å². The van der Waals surface area contributed by atoms with E-state index >= 15 is 8.78 Å². The van der Waals surface area contributed by atoms with E-state index in [0.717, 1.165) is 31.7 Å². The molecular weight excluding hydrogens is 396 g/mol. The summed E-state index contributed by atoms with van der Waals surface area (Å²) in [7, 11) is 0. The number of fused-ring (bicyclic) bond motifs is 1. The number of carboxylic acids is 1. The van der Waals surface area contributed by atoms with Crippen LogP contribution in [-0.4, -0.2) is 43.7 Å². The van der Waals surface area contributed by atoms with E-state index in [4.69, 9.17) is 0 Å². The van der Waals surface area contributed by atoms with Gasteiger partial charge in [0.15, 0.2) is 5.82 Å². The van der Waals surface area contributed by atoms with Gasteiger partial charge < -0.3 is 14.6 Å². The van der Waals surface area contributed by atoms with Crippen molar-refractivity contribution in [2.75, 3.05) is 18.0 Å². The molecule has 1 aromatic carbocycles. The van der Waals surface area contributed by atoms with E-state index in [1.807, 2.05) is 0 Å². The van der Waals surface area contributed by atoms with Gasteiger partial charge in [-0.2, -0.15) is 0 Å². The molecule has 5 rings (SSSR count). The molecule has 1 aliphatic heterocycles. The van der Waals surface area contributed by atoms with E-state index < -0.39 is 28.6 Å². The topological polar surface area (TPSA) is 93.2 Å². The fourth-order valence-electron chi connectivity index (χ4n) is 4.30. The molecule has 2 fully saturated rings. The SMILES string of the molecule is O=C(O)c1cn(C2CC2)c2c(F)c(N3CCCC(n4ccnn4)C3)c(F)cc2c1=O. The van der Waals surface area contributed by atoms with Gasteiger partial charge in [-0.05, 0) is 31.7 Å². The van der Waals surface area contributed by atoms with Gasteiger partial charge in [0.1, 0.15) is 17.1 Å². The lowest BCUT2D eigenvalue weighted by Gasteiger charge is -2.34. The number of hydrogen-bond donors (Lipinski definition) is 1. The highest BCUT2D eigenvalue weighted by Crippen LogP contribution is 2.40. The molecule has 1 unspecified atom stereocenters. The number of aromatic nitrogens is 4. The predicted octanol–water partition coefficient (Wildman–Crippen LogP) is 2.75. The summed E-state index contributed by atoms with van der Waals surface area (Å²) in [6.07, 6.45) is 7.50. The van der Waals surface area contributed by atoms with Gasteiger partial charge in [0.2, 0.25) is 5.43 Å². The van der Waals surface area contributed by atoms with E-state index in [2.05, 4.69) is 10.3 Å². The van der Waals surface area contributed by atoms with Gasteiger partial charge >= 0.3 is 5.97 Å². The molecule has 10 heteroatoms. The molecular formula is C20H19F2N5O3. The van der Waals surface area contributed by atoms with E-state index in [1.54, 1.807) is 22.0 Å². The van der Waals surface area contributed by atoms with Crippen molar-refractivity contribution in [3.8, 4) is 0 Å². The minimum absolute atomic E-state index is 0.0354. The molecule has 1 N–H and O–H groups in total. The number of benzene rings is 1. The molecule has 0 amide bonds. The number of carbonyl (C=O) groups is 1. The number of halogens is 2. The van der Waals surface area contributed by atoms with Crippen molar-refractivity contribution in [3.63, 3.8) is 0 Å². The predicted molar refractivity (Wildman–Crippen MR) is 104 cm³/mol. The molecule has 8 nitrogen and oxygen atoms in total. The van der Waals surface area contributed by atoms with Gasteiger partial charge in [0, 0.05) is 31.5 Å². The van der Waals surface area contributed by atoms with Crippen molar-refractivity contribution in [2.24, 2.45) is 0 Å². The second kappa shape index (κ2) is 6.89. The summed E-state index contributed by atoms with van der Waals surface area (Å²) in [6.45, 7) is 0.814. The summed E-state index contributed by atoms with van der Waals surface area (Å²) >= 11 is 0. The summed E-state index contributed by atoms with van der Waals surface area (Å²) in [5.41, 5.74) is -1.58. The van der Waals surface area contributed by atoms with Gasteiger partial charge in [0.25, 0.3) is 0 Å². The lowest BCUT2D eigenvalue weighted by molar-refractivity contribution is 0.0694. The Bertz CT molecular complexity index is 1200. The third-order valence-corrected chi connectivity index (χ3v) is 5.88. The van der Waals surface area contributed by atoms with Crippen LogP contribution in [0.5, 0.6) is 0 Å². The Morgan fingerprint density at radius 2 is 2.00 bits per heavy atom. The number of nitrogens with zero attached hydrogens (tertiary/aromatic N) is 5. The van der Waals surface area contributed by atoms with E-state index in [1.165, 1.54) is 10.8 Å². The first-order chi connectivity index (χ1) is 14.5. The van der Waals surface area contributed by atoms with Crippen molar-refractivity contribution in [1.29, 1.82) is 0 Å². The summed E-state index contributed by atoms with van der Waals surface area (Å²) in [4.78, 5) is 25.7. The number of anilines is 1. The highest BCUT2D eigenvalue weighted by Gasteiger charge is 2.32. The summed E-state index contributed by atoms with van der Waals surface area (Å²) in [6, 6.07) is 0.805. The van der Waals surface area contributed by atoms with Crippen LogP contribution in [0, 0.1) is 11.6 Å². The van der Waals surface area contributed by atoms with Gasteiger partial charge in [-0.15, -0.1) is 5.10 Å². The van der Waals surface area contributed by atoms with E-state index in [-0.39, 0.29) is 28.7 Å². The maximum Gasteiger partial charge on any atom is 0.341 e. The third kappa shape index (κ3) is 2.94. The standard InChI is InChI=1S/C20H19F2N5O3/c21-15-8-13-17(26(11-3-4-11)10-14(19(13)28)20(29)30)16(22)18(15)25-6-1-2-12(9-25)27-7-5-23-24-27/h5,7-8,10-12H,1-4,6,9H2,(H,29,30). The molecule has 2 aliphatic rings. The molecule has 1 atom stereocenters. The minimum atomic E-state index is -1.41. The molecule has 156 valence electrons. The fourth-order valence-corrected chi connectivity index (χ4v) is 4.30. The highest BCUT2D eigenvalue weighted by molar-refractivity contribution is 5.94. The van der Waals surface area contributed by atoms with Gasteiger partial charge in [-0.25, -0.2) is 18.3 Å². The lowest BCUT2D eigenvalue weighted by atomic mass is 10.0. The van der Waals surface area contributed by atoms with Crippen LogP contribution >= 0.6 is 0 Å². The highest BCUT2D eigenvalue weighted by atomic mass is 19.1. The zero-order valence-corrected chi connectivity index (χ0v) is 16.0. The number of pyridine rings is 1. The Labute approximate surface area is 169 Å². The lowest BCUT2D eigenvalue weighted by Crippen LogP contribution is -2.38. The number of piperidine rings is 1. The van der Waals surface area contributed by atoms with E-state index in [9.17, 15) is 14.7 Å². The van der Waals surface area contributed by atoms with E-state index in [0.29, 0.717) is 13.1 Å². The van der Waals surface area contributed by atoms with Gasteiger partial charge in [-0.1, -0.05) is 5.21 Å². The molecule has 1 saturated heterocycles. The third-order valence-electron chi connectivity index (χ3n) is 5.88. The normalized spacial score (nSPS) is 19.4. The Kier molecular flexibility index (Phi) is 4.30. The monoisotopic (exact) mass is 415 g/mol. The molecule has 0 spiro atoms. The van der Waals surface area contributed by atoms with Crippen molar-refractivity contribution < 1.29 is 18.7 Å². The first-order valence-electron chi connectivity index (χ1n) is 9.86. The van der Waals surface area contributed by atoms with Crippen molar-refractivity contribution in [2.45, 2.75) is 37.8 Å².